The van der Waals surface area contributed by atoms with Gasteiger partial charge in [-0.3, -0.25) is 0 Å². The molecule has 0 amide bonds. The summed E-state index contributed by atoms with van der Waals surface area (Å²) in [6.07, 6.45) is 3.68. The molecule has 1 aromatic rings. The molecule has 0 saturated carbocycles. The summed E-state index contributed by atoms with van der Waals surface area (Å²) in [7, 11) is 1.88. The minimum atomic E-state index is -0.100. The molecule has 0 aliphatic carbocycles. The van der Waals surface area contributed by atoms with Gasteiger partial charge in [0.25, 0.3) is 0 Å². The Bertz CT molecular complexity index is 419. The van der Waals surface area contributed by atoms with Gasteiger partial charge in [-0.25, -0.2) is 4.39 Å². The maximum Gasteiger partial charge on any atom is 0.130 e. The van der Waals surface area contributed by atoms with Crippen molar-refractivity contribution >= 4 is 5.69 Å². The lowest BCUT2D eigenvalue weighted by Gasteiger charge is -2.28. The van der Waals surface area contributed by atoms with Gasteiger partial charge in [0.2, 0.25) is 0 Å². The lowest BCUT2D eigenvalue weighted by atomic mass is 10.0. The van der Waals surface area contributed by atoms with Crippen molar-refractivity contribution in [1.82, 2.24) is 5.32 Å². The van der Waals surface area contributed by atoms with Gasteiger partial charge in [0.1, 0.15) is 5.82 Å². The summed E-state index contributed by atoms with van der Waals surface area (Å²) in [4.78, 5) is 2.36. The minimum absolute atomic E-state index is 0.0388. The highest BCUT2D eigenvalue weighted by molar-refractivity contribution is 5.55. The van der Waals surface area contributed by atoms with E-state index in [1.807, 2.05) is 20.0 Å². The fraction of sp³-hybridized carbons (Fsp3) is 0.625. The van der Waals surface area contributed by atoms with Gasteiger partial charge in [-0.2, -0.15) is 0 Å². The Morgan fingerprint density at radius 1 is 1.32 bits per heavy atom. The van der Waals surface area contributed by atoms with Crippen molar-refractivity contribution in [2.45, 2.75) is 39.2 Å². The standard InChI is InChI=1S/C16H25FN2/c1-12-6-5-10-19(11-9-12)15-8-4-7-14(17)16(15)13(2)18-3/h4,7-8,12-13,18H,5-6,9-11H2,1-3H3. The Kier molecular flexibility index (Phi) is 4.81. The van der Waals surface area contributed by atoms with Gasteiger partial charge in [0.05, 0.1) is 0 Å². The van der Waals surface area contributed by atoms with Gasteiger partial charge in [-0.15, -0.1) is 0 Å². The summed E-state index contributed by atoms with van der Waals surface area (Å²) in [6, 6.07) is 5.48. The number of nitrogens with one attached hydrogen (secondary N) is 1. The van der Waals surface area contributed by atoms with Gasteiger partial charge >= 0.3 is 0 Å². The molecule has 0 bridgehead atoms. The number of hydrogen-bond donors (Lipinski definition) is 1. The van der Waals surface area contributed by atoms with Crippen LogP contribution in [0.2, 0.25) is 0 Å². The summed E-state index contributed by atoms with van der Waals surface area (Å²) in [5, 5.41) is 3.16. The van der Waals surface area contributed by atoms with Crippen LogP contribution in [0, 0.1) is 11.7 Å². The maximum atomic E-state index is 14.2. The van der Waals surface area contributed by atoms with E-state index in [9.17, 15) is 4.39 Å². The Labute approximate surface area is 116 Å². The van der Waals surface area contributed by atoms with Crippen LogP contribution in [0.4, 0.5) is 10.1 Å². The molecule has 2 unspecified atom stereocenters. The third kappa shape index (κ3) is 3.27. The lowest BCUT2D eigenvalue weighted by Crippen LogP contribution is -2.27. The van der Waals surface area contributed by atoms with Crippen molar-refractivity contribution in [1.29, 1.82) is 0 Å². The second-order valence-electron chi connectivity index (χ2n) is 5.71. The molecule has 1 aromatic carbocycles. The van der Waals surface area contributed by atoms with Gasteiger partial charge in [-0.1, -0.05) is 13.0 Å². The van der Waals surface area contributed by atoms with Crippen molar-refractivity contribution in [2.75, 3.05) is 25.0 Å². The highest BCUT2D eigenvalue weighted by atomic mass is 19.1. The summed E-state index contributed by atoms with van der Waals surface area (Å²) in [5.41, 5.74) is 1.87. The molecule has 1 aliphatic rings. The number of halogens is 1. The molecular formula is C16H25FN2. The molecule has 0 spiro atoms. The summed E-state index contributed by atoms with van der Waals surface area (Å²) in [6.45, 7) is 6.40. The monoisotopic (exact) mass is 264 g/mol. The first-order valence-electron chi connectivity index (χ1n) is 7.34. The third-order valence-electron chi connectivity index (χ3n) is 4.25. The van der Waals surface area contributed by atoms with Crippen LogP contribution in [0.1, 0.15) is 44.7 Å². The highest BCUT2D eigenvalue weighted by Crippen LogP contribution is 2.31. The molecule has 19 heavy (non-hydrogen) atoms. The Morgan fingerprint density at radius 2 is 2.11 bits per heavy atom. The largest absolute Gasteiger partial charge is 0.371 e. The average Bonchev–Trinajstić information content (AvgIpc) is 2.62. The van der Waals surface area contributed by atoms with Crippen molar-refractivity contribution in [3.63, 3.8) is 0 Å². The second-order valence-corrected chi connectivity index (χ2v) is 5.71. The van der Waals surface area contributed by atoms with E-state index in [0.717, 1.165) is 30.3 Å². The zero-order valence-electron chi connectivity index (χ0n) is 12.2. The first-order valence-corrected chi connectivity index (χ1v) is 7.34. The highest BCUT2D eigenvalue weighted by Gasteiger charge is 2.20. The summed E-state index contributed by atoms with van der Waals surface area (Å²) >= 11 is 0. The van der Waals surface area contributed by atoms with Crippen LogP contribution in [0.3, 0.4) is 0 Å². The smallest absolute Gasteiger partial charge is 0.130 e. The predicted octanol–water partition coefficient (Wildman–Crippen LogP) is 3.73. The van der Waals surface area contributed by atoms with E-state index >= 15 is 0 Å². The van der Waals surface area contributed by atoms with Crippen molar-refractivity contribution in [3.8, 4) is 0 Å². The Balaban J connectivity index is 2.30. The first-order chi connectivity index (χ1) is 9.13. The molecule has 2 rings (SSSR count). The molecule has 2 atom stereocenters. The minimum Gasteiger partial charge on any atom is -0.371 e. The molecule has 1 aliphatic heterocycles. The molecule has 3 heteroatoms. The molecule has 1 N–H and O–H groups in total. The molecule has 2 nitrogen and oxygen atoms in total. The van der Waals surface area contributed by atoms with Crippen molar-refractivity contribution in [3.05, 3.63) is 29.6 Å². The number of nitrogens with zero attached hydrogens (tertiary/aromatic N) is 1. The number of benzene rings is 1. The molecule has 0 aromatic heterocycles. The zero-order chi connectivity index (χ0) is 13.8. The van der Waals surface area contributed by atoms with Crippen LogP contribution < -0.4 is 10.2 Å². The molecule has 106 valence electrons. The van der Waals surface area contributed by atoms with E-state index in [4.69, 9.17) is 0 Å². The Morgan fingerprint density at radius 3 is 2.84 bits per heavy atom. The number of hydrogen-bond acceptors (Lipinski definition) is 2. The van der Waals surface area contributed by atoms with Gasteiger partial charge < -0.3 is 10.2 Å². The van der Waals surface area contributed by atoms with Gasteiger partial charge in [0, 0.05) is 30.4 Å². The van der Waals surface area contributed by atoms with Crippen molar-refractivity contribution in [2.24, 2.45) is 5.92 Å². The van der Waals surface area contributed by atoms with Crippen LogP contribution in [0.25, 0.3) is 0 Å². The zero-order valence-corrected chi connectivity index (χ0v) is 12.2. The predicted molar refractivity (Wildman–Crippen MR) is 79.1 cm³/mol. The molecule has 1 heterocycles. The topological polar surface area (TPSA) is 15.3 Å². The van der Waals surface area contributed by atoms with E-state index in [1.54, 1.807) is 6.07 Å². The van der Waals surface area contributed by atoms with Crippen LogP contribution in [0.15, 0.2) is 18.2 Å². The molecule has 1 fully saturated rings. The molecule has 1 saturated heterocycles. The summed E-state index contributed by atoms with van der Waals surface area (Å²) < 4.78 is 14.2. The third-order valence-corrected chi connectivity index (χ3v) is 4.25. The summed E-state index contributed by atoms with van der Waals surface area (Å²) in [5.74, 6) is 0.681. The van der Waals surface area contributed by atoms with Crippen LogP contribution in [0.5, 0.6) is 0 Å². The quantitative estimate of drug-likeness (QED) is 0.895. The number of rotatable bonds is 3. The van der Waals surface area contributed by atoms with E-state index in [2.05, 4.69) is 23.2 Å². The van der Waals surface area contributed by atoms with E-state index in [0.29, 0.717) is 0 Å². The van der Waals surface area contributed by atoms with E-state index in [1.165, 1.54) is 19.3 Å². The Hall–Kier alpha value is -1.09. The lowest BCUT2D eigenvalue weighted by molar-refractivity contribution is 0.520. The van der Waals surface area contributed by atoms with Gasteiger partial charge in [0.15, 0.2) is 0 Å². The van der Waals surface area contributed by atoms with Crippen molar-refractivity contribution < 1.29 is 4.39 Å². The van der Waals surface area contributed by atoms with E-state index in [-0.39, 0.29) is 11.9 Å². The maximum absolute atomic E-state index is 14.2. The van der Waals surface area contributed by atoms with Crippen LogP contribution >= 0.6 is 0 Å². The normalized spacial score (nSPS) is 22.1. The number of anilines is 1. The fourth-order valence-electron chi connectivity index (χ4n) is 2.88. The first kappa shape index (κ1) is 14.3. The molecular weight excluding hydrogens is 239 g/mol. The SMILES string of the molecule is CNC(C)c1c(F)cccc1N1CCCC(C)CC1. The van der Waals surface area contributed by atoms with Crippen LogP contribution in [-0.4, -0.2) is 20.1 Å². The second kappa shape index (κ2) is 6.38. The average molecular weight is 264 g/mol. The van der Waals surface area contributed by atoms with Crippen LogP contribution in [-0.2, 0) is 0 Å². The fourth-order valence-corrected chi connectivity index (χ4v) is 2.88. The van der Waals surface area contributed by atoms with Gasteiger partial charge in [-0.05, 0) is 51.3 Å². The molecule has 0 radical (unpaired) electrons. The van der Waals surface area contributed by atoms with E-state index < -0.39 is 0 Å².